The molecule has 3 aromatic rings. The fourth-order valence-electron chi connectivity index (χ4n) is 2.17. The number of amides is 1. The number of ether oxygens (including phenoxy) is 1. The molecule has 2 aromatic carbocycles. The van der Waals surface area contributed by atoms with Gasteiger partial charge in [-0.2, -0.15) is 0 Å². The maximum atomic E-state index is 12.1. The van der Waals surface area contributed by atoms with Crippen LogP contribution in [0.1, 0.15) is 16.1 Å². The lowest BCUT2D eigenvalue weighted by Crippen LogP contribution is -2.28. The van der Waals surface area contributed by atoms with Gasteiger partial charge in [-0.15, -0.1) is 11.3 Å². The molecular weight excluding hydrogens is 372 g/mol. The zero-order valence-corrected chi connectivity index (χ0v) is 15.2. The van der Waals surface area contributed by atoms with E-state index in [-0.39, 0.29) is 18.2 Å². The molecule has 1 heterocycles. The Morgan fingerprint density at radius 1 is 1.12 bits per heavy atom. The SMILES string of the molecule is O=C(COC(=O)c1csc(-c2cccc(Cl)c2)n1)NCc1ccccc1. The van der Waals surface area contributed by atoms with Crippen molar-refractivity contribution in [2.75, 3.05) is 6.61 Å². The van der Waals surface area contributed by atoms with Crippen molar-refractivity contribution in [3.63, 3.8) is 0 Å². The van der Waals surface area contributed by atoms with Crippen LogP contribution in [0.3, 0.4) is 0 Å². The van der Waals surface area contributed by atoms with Crippen LogP contribution in [-0.4, -0.2) is 23.5 Å². The Kier molecular flexibility index (Phi) is 5.99. The van der Waals surface area contributed by atoms with Crippen LogP contribution < -0.4 is 5.32 Å². The predicted molar refractivity (Wildman–Crippen MR) is 101 cm³/mol. The number of aromatic nitrogens is 1. The van der Waals surface area contributed by atoms with E-state index in [4.69, 9.17) is 16.3 Å². The third-order valence-corrected chi connectivity index (χ3v) is 4.58. The molecule has 26 heavy (non-hydrogen) atoms. The van der Waals surface area contributed by atoms with Crippen molar-refractivity contribution in [2.45, 2.75) is 6.54 Å². The monoisotopic (exact) mass is 386 g/mol. The number of thiazole rings is 1. The van der Waals surface area contributed by atoms with Gasteiger partial charge in [0, 0.05) is 22.5 Å². The molecule has 5 nitrogen and oxygen atoms in total. The van der Waals surface area contributed by atoms with E-state index in [9.17, 15) is 9.59 Å². The normalized spacial score (nSPS) is 10.3. The zero-order valence-electron chi connectivity index (χ0n) is 13.6. The Bertz CT molecular complexity index is 912. The lowest BCUT2D eigenvalue weighted by Gasteiger charge is -2.05. The number of nitrogens with zero attached hydrogens (tertiary/aromatic N) is 1. The van der Waals surface area contributed by atoms with Crippen LogP contribution in [-0.2, 0) is 16.1 Å². The fraction of sp³-hybridized carbons (Fsp3) is 0.105. The highest BCUT2D eigenvalue weighted by Crippen LogP contribution is 2.26. The number of carbonyl (C=O) groups is 2. The van der Waals surface area contributed by atoms with Gasteiger partial charge < -0.3 is 10.1 Å². The quantitative estimate of drug-likeness (QED) is 0.651. The molecule has 0 spiro atoms. The number of nitrogens with one attached hydrogen (secondary N) is 1. The van der Waals surface area contributed by atoms with Crippen LogP contribution in [0.4, 0.5) is 0 Å². The van der Waals surface area contributed by atoms with Gasteiger partial charge in [0.15, 0.2) is 12.3 Å². The average Bonchev–Trinajstić information content (AvgIpc) is 3.15. The highest BCUT2D eigenvalue weighted by Gasteiger charge is 2.15. The molecule has 0 fully saturated rings. The standard InChI is InChI=1S/C19H15ClN2O3S/c20-15-8-4-7-14(9-15)18-22-16(12-26-18)19(24)25-11-17(23)21-10-13-5-2-1-3-6-13/h1-9,12H,10-11H2,(H,21,23). The van der Waals surface area contributed by atoms with E-state index in [1.165, 1.54) is 11.3 Å². The molecule has 1 aromatic heterocycles. The van der Waals surface area contributed by atoms with Crippen molar-refractivity contribution in [3.8, 4) is 10.6 Å². The number of hydrogen-bond donors (Lipinski definition) is 1. The van der Waals surface area contributed by atoms with Crippen LogP contribution in [0.2, 0.25) is 5.02 Å². The van der Waals surface area contributed by atoms with Crippen LogP contribution in [0.5, 0.6) is 0 Å². The Balaban J connectivity index is 1.51. The first-order valence-electron chi connectivity index (χ1n) is 7.81. The van der Waals surface area contributed by atoms with E-state index in [2.05, 4.69) is 10.3 Å². The van der Waals surface area contributed by atoms with Gasteiger partial charge >= 0.3 is 5.97 Å². The maximum Gasteiger partial charge on any atom is 0.358 e. The molecule has 1 N–H and O–H groups in total. The molecule has 0 atom stereocenters. The first-order valence-corrected chi connectivity index (χ1v) is 9.07. The van der Waals surface area contributed by atoms with Crippen molar-refractivity contribution in [1.29, 1.82) is 0 Å². The second-order valence-electron chi connectivity index (χ2n) is 5.39. The van der Waals surface area contributed by atoms with Gasteiger partial charge in [0.05, 0.1) is 0 Å². The van der Waals surface area contributed by atoms with Crippen molar-refractivity contribution in [2.24, 2.45) is 0 Å². The second kappa shape index (κ2) is 8.60. The molecule has 0 aliphatic carbocycles. The lowest BCUT2D eigenvalue weighted by atomic mass is 10.2. The largest absolute Gasteiger partial charge is 0.451 e. The molecule has 7 heteroatoms. The van der Waals surface area contributed by atoms with Crippen molar-refractivity contribution in [3.05, 3.63) is 76.3 Å². The Hall–Kier alpha value is -2.70. The van der Waals surface area contributed by atoms with Crippen molar-refractivity contribution in [1.82, 2.24) is 10.3 Å². The summed E-state index contributed by atoms with van der Waals surface area (Å²) in [5.41, 5.74) is 1.96. The summed E-state index contributed by atoms with van der Waals surface area (Å²) in [6, 6.07) is 16.7. The topological polar surface area (TPSA) is 68.3 Å². The van der Waals surface area contributed by atoms with Crippen LogP contribution in [0.15, 0.2) is 60.0 Å². The smallest absolute Gasteiger partial charge is 0.358 e. The number of hydrogen-bond acceptors (Lipinski definition) is 5. The molecule has 0 bridgehead atoms. The van der Waals surface area contributed by atoms with Crippen LogP contribution in [0.25, 0.3) is 10.6 Å². The number of halogens is 1. The summed E-state index contributed by atoms with van der Waals surface area (Å²) in [6.45, 7) is 0.0303. The van der Waals surface area contributed by atoms with Gasteiger partial charge in [0.1, 0.15) is 5.01 Å². The minimum absolute atomic E-state index is 0.167. The molecule has 0 saturated carbocycles. The van der Waals surface area contributed by atoms with Gasteiger partial charge in [0.25, 0.3) is 5.91 Å². The molecule has 0 aliphatic rings. The third kappa shape index (κ3) is 4.91. The average molecular weight is 387 g/mol. The number of rotatable bonds is 6. The summed E-state index contributed by atoms with van der Waals surface area (Å²) < 4.78 is 5.02. The first kappa shape index (κ1) is 18.1. The summed E-state index contributed by atoms with van der Waals surface area (Å²) in [5, 5.41) is 5.55. The Labute approximate surface area is 159 Å². The molecule has 0 saturated heterocycles. The molecule has 0 unspecified atom stereocenters. The van der Waals surface area contributed by atoms with Crippen LogP contribution in [0, 0.1) is 0 Å². The summed E-state index contributed by atoms with van der Waals surface area (Å²) in [4.78, 5) is 28.1. The molecular formula is C19H15ClN2O3S. The van der Waals surface area contributed by atoms with E-state index in [1.807, 2.05) is 42.5 Å². The predicted octanol–water partition coefficient (Wildman–Crippen LogP) is 3.94. The minimum atomic E-state index is -0.635. The number of carbonyl (C=O) groups excluding carboxylic acids is 2. The number of esters is 1. The first-order chi connectivity index (χ1) is 12.6. The fourth-order valence-corrected chi connectivity index (χ4v) is 3.15. The van der Waals surface area contributed by atoms with E-state index in [0.29, 0.717) is 16.6 Å². The summed E-state index contributed by atoms with van der Waals surface area (Å²) in [7, 11) is 0. The maximum absolute atomic E-state index is 12.1. The highest BCUT2D eigenvalue weighted by molar-refractivity contribution is 7.13. The summed E-state index contributed by atoms with van der Waals surface area (Å²) in [5.74, 6) is -1.00. The van der Waals surface area contributed by atoms with Crippen LogP contribution >= 0.6 is 22.9 Å². The van der Waals surface area contributed by atoms with Gasteiger partial charge in [-0.05, 0) is 17.7 Å². The van der Waals surface area contributed by atoms with E-state index < -0.39 is 5.97 Å². The Morgan fingerprint density at radius 2 is 1.92 bits per heavy atom. The van der Waals surface area contributed by atoms with Gasteiger partial charge in [-0.1, -0.05) is 54.1 Å². The molecule has 0 aliphatic heterocycles. The molecule has 1 amide bonds. The van der Waals surface area contributed by atoms with Crippen molar-refractivity contribution < 1.29 is 14.3 Å². The molecule has 3 rings (SSSR count). The summed E-state index contributed by atoms with van der Waals surface area (Å²) in [6.07, 6.45) is 0. The van der Waals surface area contributed by atoms with Gasteiger partial charge in [-0.25, -0.2) is 9.78 Å². The second-order valence-corrected chi connectivity index (χ2v) is 6.68. The van der Waals surface area contributed by atoms with E-state index in [1.54, 1.807) is 17.5 Å². The van der Waals surface area contributed by atoms with Gasteiger partial charge in [0.2, 0.25) is 0 Å². The lowest BCUT2D eigenvalue weighted by molar-refractivity contribution is -0.124. The molecule has 0 radical (unpaired) electrons. The summed E-state index contributed by atoms with van der Waals surface area (Å²) >= 11 is 7.27. The van der Waals surface area contributed by atoms with E-state index >= 15 is 0 Å². The minimum Gasteiger partial charge on any atom is -0.451 e. The van der Waals surface area contributed by atoms with Gasteiger partial charge in [-0.3, -0.25) is 4.79 Å². The molecule has 132 valence electrons. The van der Waals surface area contributed by atoms with E-state index in [0.717, 1.165) is 11.1 Å². The third-order valence-electron chi connectivity index (χ3n) is 3.45. The Morgan fingerprint density at radius 3 is 2.69 bits per heavy atom. The zero-order chi connectivity index (χ0) is 18.4. The highest BCUT2D eigenvalue weighted by atomic mass is 35.5. The number of benzene rings is 2. The van der Waals surface area contributed by atoms with Crippen molar-refractivity contribution >= 4 is 34.8 Å².